The number of hydrogen-bond acceptors (Lipinski definition) is 7. The Morgan fingerprint density at radius 2 is 2.00 bits per heavy atom. The van der Waals surface area contributed by atoms with E-state index in [0.29, 0.717) is 6.61 Å². The van der Waals surface area contributed by atoms with E-state index in [9.17, 15) is 15.0 Å². The first-order valence-corrected chi connectivity index (χ1v) is 6.42. The predicted octanol–water partition coefficient (Wildman–Crippen LogP) is -0.826. The quantitative estimate of drug-likeness (QED) is 0.430. The number of carbonyl (C=O) groups is 1. The third kappa shape index (κ3) is 4.39. The minimum atomic E-state index is -1.36. The van der Waals surface area contributed by atoms with Gasteiger partial charge in [0.15, 0.2) is 12.4 Å². The van der Waals surface area contributed by atoms with E-state index in [-0.39, 0.29) is 0 Å². The number of aliphatic hydroxyl groups is 3. The van der Waals surface area contributed by atoms with Crippen LogP contribution in [0.3, 0.4) is 0 Å². The van der Waals surface area contributed by atoms with Crippen molar-refractivity contribution in [2.24, 2.45) is 0 Å². The van der Waals surface area contributed by atoms with Crippen LogP contribution in [0.5, 0.6) is 0 Å². The second kappa shape index (κ2) is 7.76. The Bertz CT molecular complexity index is 283. The molecule has 5 atom stereocenters. The SMILES string of the molecule is CCCCO[C@@H]1C(O)O[C@H](CO)[C@@H](O)[C@@H]1OC(C)=O. The molecule has 112 valence electrons. The topological polar surface area (TPSA) is 105 Å². The fourth-order valence-corrected chi connectivity index (χ4v) is 1.93. The van der Waals surface area contributed by atoms with Crippen LogP contribution in [0.25, 0.3) is 0 Å². The zero-order chi connectivity index (χ0) is 14.4. The molecular formula is C12H22O7. The van der Waals surface area contributed by atoms with Gasteiger partial charge in [0.2, 0.25) is 0 Å². The molecule has 19 heavy (non-hydrogen) atoms. The monoisotopic (exact) mass is 278 g/mol. The Hall–Kier alpha value is -0.730. The number of aliphatic hydroxyl groups excluding tert-OH is 3. The lowest BCUT2D eigenvalue weighted by Crippen LogP contribution is -2.60. The molecule has 0 spiro atoms. The molecule has 0 aliphatic carbocycles. The summed E-state index contributed by atoms with van der Waals surface area (Å²) >= 11 is 0. The molecule has 0 saturated carbocycles. The Morgan fingerprint density at radius 3 is 2.53 bits per heavy atom. The van der Waals surface area contributed by atoms with E-state index in [1.807, 2.05) is 6.92 Å². The molecule has 1 aliphatic rings. The van der Waals surface area contributed by atoms with Gasteiger partial charge < -0.3 is 29.5 Å². The van der Waals surface area contributed by atoms with Crippen molar-refractivity contribution in [2.75, 3.05) is 13.2 Å². The summed E-state index contributed by atoms with van der Waals surface area (Å²) in [4.78, 5) is 11.1. The molecule has 0 amide bonds. The van der Waals surface area contributed by atoms with Crippen molar-refractivity contribution in [3.63, 3.8) is 0 Å². The van der Waals surface area contributed by atoms with Crippen LogP contribution in [0.15, 0.2) is 0 Å². The second-order valence-corrected chi connectivity index (χ2v) is 4.50. The summed E-state index contributed by atoms with van der Waals surface area (Å²) in [7, 11) is 0. The number of esters is 1. The molecule has 0 aromatic rings. The number of unbranched alkanes of at least 4 members (excludes halogenated alkanes) is 1. The minimum absolute atomic E-state index is 0.357. The van der Waals surface area contributed by atoms with Crippen LogP contribution >= 0.6 is 0 Å². The van der Waals surface area contributed by atoms with Crippen molar-refractivity contribution in [2.45, 2.75) is 57.4 Å². The summed E-state index contributed by atoms with van der Waals surface area (Å²) < 4.78 is 15.4. The molecule has 0 aromatic carbocycles. The van der Waals surface area contributed by atoms with Gasteiger partial charge in [-0.25, -0.2) is 0 Å². The van der Waals surface area contributed by atoms with Gasteiger partial charge in [-0.3, -0.25) is 4.79 Å². The van der Waals surface area contributed by atoms with Gasteiger partial charge in [0.25, 0.3) is 0 Å². The molecular weight excluding hydrogens is 256 g/mol. The maximum atomic E-state index is 11.1. The van der Waals surface area contributed by atoms with Gasteiger partial charge in [0.1, 0.15) is 18.3 Å². The van der Waals surface area contributed by atoms with Gasteiger partial charge in [-0.15, -0.1) is 0 Å². The van der Waals surface area contributed by atoms with Crippen molar-refractivity contribution >= 4 is 5.97 Å². The first-order chi connectivity index (χ1) is 9.01. The highest BCUT2D eigenvalue weighted by Crippen LogP contribution is 2.25. The lowest BCUT2D eigenvalue weighted by molar-refractivity contribution is -0.298. The first-order valence-electron chi connectivity index (χ1n) is 6.42. The van der Waals surface area contributed by atoms with E-state index >= 15 is 0 Å². The molecule has 1 saturated heterocycles. The average Bonchev–Trinajstić information content (AvgIpc) is 2.36. The van der Waals surface area contributed by atoms with E-state index in [0.717, 1.165) is 12.8 Å². The van der Waals surface area contributed by atoms with Crippen LogP contribution in [0.4, 0.5) is 0 Å². The summed E-state index contributed by atoms with van der Waals surface area (Å²) in [5.74, 6) is -0.598. The van der Waals surface area contributed by atoms with Gasteiger partial charge in [-0.2, -0.15) is 0 Å². The third-order valence-electron chi connectivity index (χ3n) is 2.93. The maximum absolute atomic E-state index is 11.1. The molecule has 1 heterocycles. The molecule has 1 unspecified atom stereocenters. The molecule has 0 bridgehead atoms. The number of rotatable bonds is 6. The first kappa shape index (κ1) is 16.3. The predicted molar refractivity (Wildman–Crippen MR) is 64.2 cm³/mol. The van der Waals surface area contributed by atoms with Crippen LogP contribution in [0, 0.1) is 0 Å². The van der Waals surface area contributed by atoms with Crippen molar-refractivity contribution in [1.29, 1.82) is 0 Å². The summed E-state index contributed by atoms with van der Waals surface area (Å²) in [6.07, 6.45) is -3.96. The van der Waals surface area contributed by atoms with Crippen molar-refractivity contribution in [3.8, 4) is 0 Å². The average molecular weight is 278 g/mol. The Kier molecular flexibility index (Phi) is 6.67. The Morgan fingerprint density at radius 1 is 1.32 bits per heavy atom. The molecule has 7 nitrogen and oxygen atoms in total. The summed E-state index contributed by atoms with van der Waals surface area (Å²) in [5, 5.41) is 28.8. The van der Waals surface area contributed by atoms with E-state index in [1.165, 1.54) is 6.92 Å². The molecule has 7 heteroatoms. The Labute approximate surface area is 112 Å². The minimum Gasteiger partial charge on any atom is -0.457 e. The molecule has 1 fully saturated rings. The zero-order valence-electron chi connectivity index (χ0n) is 11.2. The lowest BCUT2D eigenvalue weighted by atomic mass is 9.99. The molecule has 3 N–H and O–H groups in total. The number of hydrogen-bond donors (Lipinski definition) is 3. The Balaban J connectivity index is 2.74. The van der Waals surface area contributed by atoms with Gasteiger partial charge in [-0.05, 0) is 6.42 Å². The molecule has 1 aliphatic heterocycles. The lowest BCUT2D eigenvalue weighted by Gasteiger charge is -2.41. The van der Waals surface area contributed by atoms with E-state index in [4.69, 9.17) is 19.3 Å². The smallest absolute Gasteiger partial charge is 0.303 e. The molecule has 0 radical (unpaired) electrons. The van der Waals surface area contributed by atoms with Gasteiger partial charge >= 0.3 is 5.97 Å². The fourth-order valence-electron chi connectivity index (χ4n) is 1.93. The summed E-state index contributed by atoms with van der Waals surface area (Å²) in [6, 6.07) is 0. The van der Waals surface area contributed by atoms with Crippen molar-refractivity contribution < 1.29 is 34.3 Å². The molecule has 1 rings (SSSR count). The number of ether oxygens (including phenoxy) is 3. The van der Waals surface area contributed by atoms with Crippen LogP contribution in [0.1, 0.15) is 26.7 Å². The van der Waals surface area contributed by atoms with Crippen LogP contribution in [0.2, 0.25) is 0 Å². The van der Waals surface area contributed by atoms with Crippen molar-refractivity contribution in [3.05, 3.63) is 0 Å². The van der Waals surface area contributed by atoms with Crippen molar-refractivity contribution in [1.82, 2.24) is 0 Å². The van der Waals surface area contributed by atoms with Gasteiger partial charge in [0.05, 0.1) is 6.61 Å². The van der Waals surface area contributed by atoms with E-state index in [1.54, 1.807) is 0 Å². The van der Waals surface area contributed by atoms with Crippen LogP contribution < -0.4 is 0 Å². The highest BCUT2D eigenvalue weighted by molar-refractivity contribution is 5.66. The zero-order valence-corrected chi connectivity index (χ0v) is 11.2. The summed E-state index contributed by atoms with van der Waals surface area (Å²) in [5.41, 5.74) is 0. The molecule has 0 aromatic heterocycles. The van der Waals surface area contributed by atoms with Crippen LogP contribution in [-0.2, 0) is 19.0 Å². The largest absolute Gasteiger partial charge is 0.457 e. The normalized spacial score (nSPS) is 35.1. The highest BCUT2D eigenvalue weighted by atomic mass is 16.7. The number of carbonyl (C=O) groups excluding carboxylic acids is 1. The van der Waals surface area contributed by atoms with Crippen LogP contribution in [-0.4, -0.2) is 65.2 Å². The standard InChI is InChI=1S/C12H22O7/c1-3-4-5-17-11-10(18-7(2)14)9(15)8(6-13)19-12(11)16/h8-13,15-16H,3-6H2,1-2H3/t8-,9-,10+,11+,12?/m1/s1. The maximum Gasteiger partial charge on any atom is 0.303 e. The highest BCUT2D eigenvalue weighted by Gasteiger charge is 2.47. The van der Waals surface area contributed by atoms with E-state index < -0.39 is 43.3 Å². The van der Waals surface area contributed by atoms with Gasteiger partial charge in [0, 0.05) is 13.5 Å². The fraction of sp³-hybridized carbons (Fsp3) is 0.917. The van der Waals surface area contributed by atoms with E-state index in [2.05, 4.69) is 0 Å². The second-order valence-electron chi connectivity index (χ2n) is 4.50. The third-order valence-corrected chi connectivity index (χ3v) is 2.93. The van der Waals surface area contributed by atoms with Gasteiger partial charge in [-0.1, -0.05) is 13.3 Å². The summed E-state index contributed by atoms with van der Waals surface area (Å²) in [6.45, 7) is 3.05.